The molecule has 0 heterocycles. The number of rotatable bonds is 7. The maximum Gasteiger partial charge on any atom is 0.0471 e. The molecular weight excluding hydrogens is 186 g/mol. The molecule has 15 heavy (non-hydrogen) atoms. The van der Waals surface area contributed by atoms with Gasteiger partial charge in [-0.2, -0.15) is 0 Å². The minimum Gasteiger partial charge on any atom is -0.396 e. The van der Waals surface area contributed by atoms with E-state index in [4.69, 9.17) is 5.11 Å². The summed E-state index contributed by atoms with van der Waals surface area (Å²) in [5.74, 6) is 1.46. The second-order valence-corrected chi connectivity index (χ2v) is 5.16. The number of hydrogen-bond donors (Lipinski definition) is 1. The van der Waals surface area contributed by atoms with E-state index in [0.717, 1.165) is 18.9 Å². The highest BCUT2D eigenvalue weighted by atomic mass is 16.3. The van der Waals surface area contributed by atoms with E-state index in [1.807, 2.05) is 0 Å². The van der Waals surface area contributed by atoms with Crippen molar-refractivity contribution in [3.63, 3.8) is 0 Å². The van der Waals surface area contributed by atoms with Crippen LogP contribution >= 0.6 is 0 Å². The average Bonchev–Trinajstić information content (AvgIpc) is 2.75. The van der Waals surface area contributed by atoms with Gasteiger partial charge in [-0.1, -0.05) is 32.6 Å². The normalized spacial score (nSPS) is 20.0. The van der Waals surface area contributed by atoms with Gasteiger partial charge in [-0.3, -0.25) is 0 Å². The first-order valence-corrected chi connectivity index (χ1v) is 6.55. The third-order valence-electron chi connectivity index (χ3n) is 3.80. The fraction of sp³-hybridized carbons (Fsp3) is 1.00. The van der Waals surface area contributed by atoms with Crippen LogP contribution in [0.2, 0.25) is 0 Å². The van der Waals surface area contributed by atoms with Gasteiger partial charge < -0.3 is 10.0 Å². The molecular formula is C13H27NO. The van der Waals surface area contributed by atoms with E-state index in [1.165, 1.54) is 38.6 Å². The Hall–Kier alpha value is -0.0800. The molecule has 0 spiro atoms. The Bertz CT molecular complexity index is 151. The van der Waals surface area contributed by atoms with Crippen LogP contribution in [0.3, 0.4) is 0 Å². The molecule has 0 aromatic heterocycles. The summed E-state index contributed by atoms with van der Waals surface area (Å²) >= 11 is 0. The minimum atomic E-state index is 0.338. The zero-order chi connectivity index (χ0) is 11.1. The maximum atomic E-state index is 9.13. The molecule has 2 nitrogen and oxygen atoms in total. The lowest BCUT2D eigenvalue weighted by molar-refractivity contribution is 0.172. The average molecular weight is 213 g/mol. The van der Waals surface area contributed by atoms with Gasteiger partial charge in [0.05, 0.1) is 0 Å². The molecule has 1 atom stereocenters. The van der Waals surface area contributed by atoms with E-state index in [2.05, 4.69) is 18.9 Å². The van der Waals surface area contributed by atoms with Crippen LogP contribution in [0.4, 0.5) is 0 Å². The van der Waals surface area contributed by atoms with Crippen LogP contribution < -0.4 is 0 Å². The van der Waals surface area contributed by atoms with Gasteiger partial charge >= 0.3 is 0 Å². The monoisotopic (exact) mass is 213 g/mol. The van der Waals surface area contributed by atoms with E-state index in [0.29, 0.717) is 12.5 Å². The van der Waals surface area contributed by atoms with Gasteiger partial charge in [0, 0.05) is 13.2 Å². The molecule has 0 aromatic rings. The molecule has 0 bridgehead atoms. The predicted octanol–water partition coefficient (Wildman–Crippen LogP) is 2.52. The van der Waals surface area contributed by atoms with Crippen LogP contribution in [-0.2, 0) is 0 Å². The topological polar surface area (TPSA) is 23.5 Å². The third-order valence-corrected chi connectivity index (χ3v) is 3.80. The molecule has 1 aliphatic carbocycles. The summed E-state index contributed by atoms with van der Waals surface area (Å²) in [4.78, 5) is 2.39. The number of aliphatic hydroxyl groups excluding tert-OH is 1. The van der Waals surface area contributed by atoms with Crippen LogP contribution in [-0.4, -0.2) is 36.8 Å². The van der Waals surface area contributed by atoms with Crippen molar-refractivity contribution >= 4 is 0 Å². The molecule has 0 aromatic carbocycles. The molecule has 1 fully saturated rings. The third kappa shape index (κ3) is 4.98. The molecule has 1 aliphatic rings. The summed E-state index contributed by atoms with van der Waals surface area (Å²) in [6.07, 6.45) is 8.24. The quantitative estimate of drug-likeness (QED) is 0.702. The van der Waals surface area contributed by atoms with Crippen LogP contribution in [0, 0.1) is 11.8 Å². The number of aliphatic hydroxyl groups is 1. The van der Waals surface area contributed by atoms with Crippen molar-refractivity contribution in [1.82, 2.24) is 4.90 Å². The highest BCUT2D eigenvalue weighted by molar-refractivity contribution is 4.69. The Balaban J connectivity index is 2.08. The molecule has 1 unspecified atom stereocenters. The summed E-state index contributed by atoms with van der Waals surface area (Å²) in [5, 5.41) is 9.13. The fourth-order valence-corrected chi connectivity index (χ4v) is 2.55. The summed E-state index contributed by atoms with van der Waals surface area (Å²) in [6, 6.07) is 0. The zero-order valence-corrected chi connectivity index (χ0v) is 10.4. The minimum absolute atomic E-state index is 0.338. The van der Waals surface area contributed by atoms with E-state index in [9.17, 15) is 0 Å². The summed E-state index contributed by atoms with van der Waals surface area (Å²) in [5.41, 5.74) is 0. The van der Waals surface area contributed by atoms with Gasteiger partial charge in [-0.15, -0.1) is 0 Å². The first-order chi connectivity index (χ1) is 7.26. The van der Waals surface area contributed by atoms with E-state index >= 15 is 0 Å². The van der Waals surface area contributed by atoms with Crippen LogP contribution in [0.15, 0.2) is 0 Å². The van der Waals surface area contributed by atoms with Crippen molar-refractivity contribution in [3.05, 3.63) is 0 Å². The van der Waals surface area contributed by atoms with Gasteiger partial charge in [0.1, 0.15) is 0 Å². The van der Waals surface area contributed by atoms with Crippen LogP contribution in [0.25, 0.3) is 0 Å². The van der Waals surface area contributed by atoms with Gasteiger partial charge in [0.2, 0.25) is 0 Å². The van der Waals surface area contributed by atoms with Crippen LogP contribution in [0.5, 0.6) is 0 Å². The van der Waals surface area contributed by atoms with Gasteiger partial charge in [-0.05, 0) is 38.3 Å². The Morgan fingerprint density at radius 2 is 2.00 bits per heavy atom. The number of hydrogen-bond acceptors (Lipinski definition) is 2. The maximum absolute atomic E-state index is 9.13. The second-order valence-electron chi connectivity index (χ2n) is 5.16. The summed E-state index contributed by atoms with van der Waals surface area (Å²) in [6.45, 7) is 4.76. The van der Waals surface area contributed by atoms with Gasteiger partial charge in [0.25, 0.3) is 0 Å². The molecule has 90 valence electrons. The summed E-state index contributed by atoms with van der Waals surface area (Å²) < 4.78 is 0. The fourth-order valence-electron chi connectivity index (χ4n) is 2.55. The zero-order valence-electron chi connectivity index (χ0n) is 10.4. The van der Waals surface area contributed by atoms with Gasteiger partial charge in [-0.25, -0.2) is 0 Å². The van der Waals surface area contributed by atoms with Crippen LogP contribution in [0.1, 0.15) is 45.4 Å². The van der Waals surface area contributed by atoms with Crippen molar-refractivity contribution in [2.45, 2.75) is 45.4 Å². The molecule has 0 radical (unpaired) electrons. The number of nitrogens with zero attached hydrogens (tertiary/aromatic N) is 1. The first kappa shape index (κ1) is 13.0. The standard InChI is InChI=1S/C13H27NO/c1-3-12(11-15)10-14(2)9-8-13-6-4-5-7-13/h12-13,15H,3-11H2,1-2H3. The Kier molecular flexibility index (Phi) is 6.26. The van der Waals surface area contributed by atoms with Crippen molar-refractivity contribution in [3.8, 4) is 0 Å². The first-order valence-electron chi connectivity index (χ1n) is 6.55. The SMILES string of the molecule is CCC(CO)CN(C)CCC1CCCC1. The molecule has 2 heteroatoms. The Morgan fingerprint density at radius 3 is 2.53 bits per heavy atom. The molecule has 0 saturated heterocycles. The van der Waals surface area contributed by atoms with Crippen molar-refractivity contribution in [2.75, 3.05) is 26.7 Å². The lowest BCUT2D eigenvalue weighted by atomic mass is 10.0. The second kappa shape index (κ2) is 7.24. The predicted molar refractivity (Wildman–Crippen MR) is 64.9 cm³/mol. The highest BCUT2D eigenvalue weighted by Crippen LogP contribution is 2.27. The molecule has 0 aliphatic heterocycles. The van der Waals surface area contributed by atoms with E-state index in [-0.39, 0.29) is 0 Å². The largest absolute Gasteiger partial charge is 0.396 e. The van der Waals surface area contributed by atoms with E-state index in [1.54, 1.807) is 0 Å². The lowest BCUT2D eigenvalue weighted by Gasteiger charge is -2.23. The Morgan fingerprint density at radius 1 is 1.33 bits per heavy atom. The van der Waals surface area contributed by atoms with E-state index < -0.39 is 0 Å². The molecule has 0 amide bonds. The lowest BCUT2D eigenvalue weighted by Crippen LogP contribution is -2.29. The highest BCUT2D eigenvalue weighted by Gasteiger charge is 2.16. The van der Waals surface area contributed by atoms with Gasteiger partial charge in [0.15, 0.2) is 0 Å². The molecule has 1 N–H and O–H groups in total. The van der Waals surface area contributed by atoms with Crippen molar-refractivity contribution < 1.29 is 5.11 Å². The van der Waals surface area contributed by atoms with Crippen molar-refractivity contribution in [2.24, 2.45) is 11.8 Å². The smallest absolute Gasteiger partial charge is 0.0471 e. The van der Waals surface area contributed by atoms with Crippen molar-refractivity contribution in [1.29, 1.82) is 0 Å². The molecule has 1 saturated carbocycles. The molecule has 1 rings (SSSR count). The summed E-state index contributed by atoms with van der Waals surface area (Å²) in [7, 11) is 2.19. The Labute approximate surface area is 94.7 Å².